The predicted molar refractivity (Wildman–Crippen MR) is 361 cm³/mol. The molecule has 8 aromatic rings. The molecule has 7 aromatic heterocycles. The summed E-state index contributed by atoms with van der Waals surface area (Å²) in [5, 5.41) is 0. The van der Waals surface area contributed by atoms with Crippen LogP contribution in [0.15, 0.2) is 190 Å². The van der Waals surface area contributed by atoms with Gasteiger partial charge in [-0.3, -0.25) is 34.9 Å². The van der Waals surface area contributed by atoms with Gasteiger partial charge < -0.3 is 0 Å². The standard InChI is InChI=1S/C10H14.5C9H13N.2C8H12N2.3CH4/c1-10(2,3)9-7-5-4-6-8-9;2*1-9(2,3)8-5-4-6-10-7-8;3*1-9(2,3)8-6-4-5-7-10-8;1-8(2,3)7-6-9-4-5-10-7;1-8(2,3)7-9-5-4-6-10-7;;;/h4-8H,1-3H3;5*4-7H,1-3H3;2*4-6H,1-3H3;3*1H4. The lowest BCUT2D eigenvalue weighted by atomic mass is 9.87. The monoisotopic (exact) mass is 1130 g/mol. The summed E-state index contributed by atoms with van der Waals surface area (Å²) in [6.45, 7) is 51.9. The maximum atomic E-state index is 4.25. The van der Waals surface area contributed by atoms with Crippen molar-refractivity contribution in [3.05, 3.63) is 235 Å². The molecular weight excluding hydrogens is 1010 g/mol. The number of pyridine rings is 5. The Bertz CT molecular complexity index is 2160. The Morgan fingerprint density at radius 2 is 0.494 bits per heavy atom. The van der Waals surface area contributed by atoms with Gasteiger partial charge in [-0.1, -0.05) is 249 Å². The minimum atomic E-state index is 0. The third-order valence-corrected chi connectivity index (χ3v) is 11.6. The summed E-state index contributed by atoms with van der Waals surface area (Å²) in [6.07, 6.45) is 21.7. The van der Waals surface area contributed by atoms with Gasteiger partial charge >= 0.3 is 0 Å². The topological polar surface area (TPSA) is 116 Å². The van der Waals surface area contributed by atoms with Crippen molar-refractivity contribution in [2.45, 2.75) is 232 Å². The number of benzene rings is 1. The van der Waals surface area contributed by atoms with Crippen LogP contribution >= 0.6 is 0 Å². The van der Waals surface area contributed by atoms with Crippen molar-refractivity contribution in [2.75, 3.05) is 0 Å². The third kappa shape index (κ3) is 36.4. The number of hydrogen-bond donors (Lipinski definition) is 0. The summed E-state index contributed by atoms with van der Waals surface area (Å²) < 4.78 is 0. The summed E-state index contributed by atoms with van der Waals surface area (Å²) in [4.78, 5) is 37.3. The fourth-order valence-electron chi connectivity index (χ4n) is 6.34. The summed E-state index contributed by atoms with van der Waals surface area (Å²) in [7, 11) is 0. The summed E-state index contributed by atoms with van der Waals surface area (Å²) in [6, 6.07) is 38.6. The van der Waals surface area contributed by atoms with E-state index in [0.717, 1.165) is 28.6 Å². The van der Waals surface area contributed by atoms with Crippen molar-refractivity contribution in [3.63, 3.8) is 0 Å². The molecule has 0 amide bonds. The quantitative estimate of drug-likeness (QED) is 0.146. The zero-order chi connectivity index (χ0) is 60.9. The van der Waals surface area contributed by atoms with E-state index in [1.54, 1.807) is 43.4 Å². The van der Waals surface area contributed by atoms with Crippen LogP contribution in [0.25, 0.3) is 0 Å². The van der Waals surface area contributed by atoms with Crippen LogP contribution in [-0.4, -0.2) is 44.9 Å². The molecule has 0 fully saturated rings. The SMILES string of the molecule is C.C.C.CC(C)(C)c1ccccc1.CC(C)(C)c1ccccn1.CC(C)(C)c1ccccn1.CC(C)(C)c1ccccn1.CC(C)(C)c1cccnc1.CC(C)(C)c1cccnc1.CC(C)(C)c1cnccn1.CC(C)(C)c1ncccn1. The molecule has 0 atom stereocenters. The van der Waals surface area contributed by atoms with Crippen molar-refractivity contribution in [1.82, 2.24) is 44.9 Å². The fraction of sp³-hybridized carbons (Fsp3) is 0.473. The zero-order valence-corrected chi connectivity index (χ0v) is 53.9. The first-order valence-electron chi connectivity index (χ1n) is 28.0. The van der Waals surface area contributed by atoms with Gasteiger partial charge in [0.2, 0.25) is 0 Å². The van der Waals surface area contributed by atoms with Gasteiger partial charge in [-0.05, 0) is 87.5 Å². The molecule has 0 aliphatic rings. The van der Waals surface area contributed by atoms with Crippen LogP contribution in [0, 0.1) is 0 Å². The van der Waals surface area contributed by atoms with Crippen LogP contribution in [0.1, 0.15) is 234 Å². The summed E-state index contributed by atoms with van der Waals surface area (Å²) in [5.41, 5.74) is 9.94. The number of nitrogens with zero attached hydrogens (tertiary/aromatic N) is 9. The highest BCUT2D eigenvalue weighted by molar-refractivity contribution is 5.22. The molecule has 456 valence electrons. The van der Waals surface area contributed by atoms with E-state index < -0.39 is 0 Å². The molecule has 0 radical (unpaired) electrons. The first kappa shape index (κ1) is 80.4. The minimum Gasteiger partial charge on any atom is -0.264 e. The van der Waals surface area contributed by atoms with Crippen molar-refractivity contribution >= 4 is 0 Å². The fourth-order valence-corrected chi connectivity index (χ4v) is 6.34. The van der Waals surface area contributed by atoms with Crippen LogP contribution in [0.3, 0.4) is 0 Å². The molecule has 0 spiro atoms. The lowest BCUT2D eigenvalue weighted by molar-refractivity contribution is 0.545. The molecule has 0 aliphatic heterocycles. The summed E-state index contributed by atoms with van der Waals surface area (Å²) in [5.74, 6) is 0.898. The Hall–Kier alpha value is -6.87. The smallest absolute Gasteiger partial charge is 0.133 e. The highest BCUT2D eigenvalue weighted by Gasteiger charge is 2.18. The van der Waals surface area contributed by atoms with Crippen LogP contribution < -0.4 is 0 Å². The van der Waals surface area contributed by atoms with E-state index in [-0.39, 0.29) is 60.2 Å². The van der Waals surface area contributed by atoms with Crippen LogP contribution in [-0.2, 0) is 43.3 Å². The van der Waals surface area contributed by atoms with E-state index in [9.17, 15) is 0 Å². The first-order valence-corrected chi connectivity index (χ1v) is 28.0. The molecule has 83 heavy (non-hydrogen) atoms. The van der Waals surface area contributed by atoms with E-state index in [1.807, 2.05) is 85.6 Å². The highest BCUT2D eigenvalue weighted by atomic mass is 14.9. The molecule has 0 aliphatic carbocycles. The van der Waals surface area contributed by atoms with Gasteiger partial charge in [0.25, 0.3) is 0 Å². The van der Waals surface area contributed by atoms with Gasteiger partial charge in [0.05, 0.1) is 5.69 Å². The van der Waals surface area contributed by atoms with Gasteiger partial charge in [0, 0.05) is 119 Å². The number of aromatic nitrogens is 9. The Kier molecular flexibility index (Phi) is 36.2. The second-order valence-electron chi connectivity index (χ2n) is 27.7. The molecule has 9 heteroatoms. The van der Waals surface area contributed by atoms with E-state index in [0.29, 0.717) is 5.41 Å². The maximum Gasteiger partial charge on any atom is 0.133 e. The van der Waals surface area contributed by atoms with Crippen LogP contribution in [0.5, 0.6) is 0 Å². The van der Waals surface area contributed by atoms with Gasteiger partial charge in [0.1, 0.15) is 5.82 Å². The van der Waals surface area contributed by atoms with Gasteiger partial charge in [-0.2, -0.15) is 0 Å². The predicted octanol–water partition coefficient (Wildman–Crippen LogP) is 20.3. The molecule has 7 heterocycles. The number of hydrogen-bond acceptors (Lipinski definition) is 9. The van der Waals surface area contributed by atoms with E-state index in [1.165, 1.54) is 16.7 Å². The average Bonchev–Trinajstić information content (AvgIpc) is 3.40. The second kappa shape index (κ2) is 37.4. The highest BCUT2D eigenvalue weighted by Crippen LogP contribution is 2.24. The van der Waals surface area contributed by atoms with E-state index >= 15 is 0 Å². The second-order valence-corrected chi connectivity index (χ2v) is 27.7. The van der Waals surface area contributed by atoms with Gasteiger partial charge in [-0.25, -0.2) is 9.97 Å². The maximum absolute atomic E-state index is 4.25. The van der Waals surface area contributed by atoms with Crippen molar-refractivity contribution in [2.24, 2.45) is 0 Å². The van der Waals surface area contributed by atoms with Crippen LogP contribution in [0.4, 0.5) is 0 Å². The molecule has 0 bridgehead atoms. The summed E-state index contributed by atoms with van der Waals surface area (Å²) >= 11 is 0. The van der Waals surface area contributed by atoms with E-state index in [2.05, 4.69) is 272 Å². The Morgan fingerprint density at radius 1 is 0.205 bits per heavy atom. The van der Waals surface area contributed by atoms with Crippen molar-refractivity contribution in [1.29, 1.82) is 0 Å². The lowest BCUT2D eigenvalue weighted by Gasteiger charge is -2.18. The third-order valence-electron chi connectivity index (χ3n) is 11.6. The lowest BCUT2D eigenvalue weighted by Crippen LogP contribution is -2.14. The molecule has 8 rings (SSSR count). The Labute approximate surface area is 509 Å². The minimum absolute atomic E-state index is 0. The zero-order valence-electron chi connectivity index (χ0n) is 53.9. The first-order chi connectivity index (χ1) is 36.8. The molecule has 9 nitrogen and oxygen atoms in total. The molecule has 0 N–H and O–H groups in total. The normalized spacial score (nSPS) is 11.1. The molecule has 1 aromatic carbocycles. The molecule has 0 unspecified atom stereocenters. The Balaban J connectivity index is -0.000000877. The van der Waals surface area contributed by atoms with Crippen LogP contribution in [0.2, 0.25) is 0 Å². The van der Waals surface area contributed by atoms with Crippen molar-refractivity contribution < 1.29 is 0 Å². The molecule has 0 saturated heterocycles. The molecule has 0 saturated carbocycles. The Morgan fingerprint density at radius 3 is 0.675 bits per heavy atom. The van der Waals surface area contributed by atoms with Gasteiger partial charge in [0.15, 0.2) is 0 Å². The largest absolute Gasteiger partial charge is 0.264 e. The average molecular weight is 1130 g/mol. The van der Waals surface area contributed by atoms with E-state index in [4.69, 9.17) is 0 Å². The number of rotatable bonds is 0. The van der Waals surface area contributed by atoms with Gasteiger partial charge in [-0.15, -0.1) is 0 Å². The van der Waals surface area contributed by atoms with Crippen molar-refractivity contribution in [3.8, 4) is 0 Å². The molecular formula is C74H115N9.